The number of amides is 1. The van der Waals surface area contributed by atoms with E-state index < -0.39 is 5.54 Å². The molecular formula is C20H28N2O3. The molecule has 0 bridgehead atoms. The third-order valence-electron chi connectivity index (χ3n) is 6.25. The number of aliphatic hydroxyl groups is 1. The summed E-state index contributed by atoms with van der Waals surface area (Å²) in [5, 5.41) is 13.1. The van der Waals surface area contributed by atoms with Crippen molar-refractivity contribution in [3.63, 3.8) is 0 Å². The van der Waals surface area contributed by atoms with Crippen molar-refractivity contribution < 1.29 is 14.7 Å². The summed E-state index contributed by atoms with van der Waals surface area (Å²) in [5.74, 6) is 0.142. The van der Waals surface area contributed by atoms with Gasteiger partial charge in [-0.1, -0.05) is 6.07 Å². The first-order valence-electron chi connectivity index (χ1n) is 8.83. The Labute approximate surface area is 149 Å². The highest BCUT2D eigenvalue weighted by molar-refractivity contribution is 6.23. The van der Waals surface area contributed by atoms with Gasteiger partial charge < -0.3 is 14.8 Å². The number of hydrogen-bond acceptors (Lipinski definition) is 4. The monoisotopic (exact) mass is 344 g/mol. The zero-order valence-electron chi connectivity index (χ0n) is 16.1. The van der Waals surface area contributed by atoms with Crippen LogP contribution in [0, 0.1) is 27.7 Å². The lowest BCUT2D eigenvalue weighted by molar-refractivity contribution is -0.162. The Morgan fingerprint density at radius 3 is 2.24 bits per heavy atom. The second kappa shape index (κ2) is 6.15. The molecule has 136 valence electrons. The van der Waals surface area contributed by atoms with Gasteiger partial charge >= 0.3 is 0 Å². The first-order chi connectivity index (χ1) is 11.7. The van der Waals surface area contributed by atoms with E-state index >= 15 is 0 Å². The normalized spacial score (nSPS) is 20.9. The van der Waals surface area contributed by atoms with Gasteiger partial charge in [0.15, 0.2) is 0 Å². The molecule has 1 aromatic rings. The number of hydrogen-bond donors (Lipinski definition) is 1. The van der Waals surface area contributed by atoms with Gasteiger partial charge in [0, 0.05) is 20.1 Å². The minimum atomic E-state index is -0.612. The average Bonchev–Trinajstić information content (AvgIpc) is 2.77. The standard InChI is InChI=1S/C20H28N2O3/c1-12-11-13(2)16(15(4)14(12)3)17-18(23)20(21(5)19(17)24)7-9-22(25-6)10-8-20/h11,23H,7-10H2,1-6H3. The zero-order valence-corrected chi connectivity index (χ0v) is 16.1. The Balaban J connectivity index is 2.14. The molecule has 1 saturated heterocycles. The number of likely N-dealkylation sites (N-methyl/N-ethyl adjacent to an activating group) is 1. The summed E-state index contributed by atoms with van der Waals surface area (Å²) in [6, 6.07) is 2.10. The number of carbonyl (C=O) groups excluding carboxylic acids is 1. The van der Waals surface area contributed by atoms with Gasteiger partial charge in [0.1, 0.15) is 11.3 Å². The second-order valence-electron chi connectivity index (χ2n) is 7.37. The van der Waals surface area contributed by atoms with Gasteiger partial charge in [-0.25, -0.2) is 0 Å². The third kappa shape index (κ3) is 2.49. The van der Waals surface area contributed by atoms with E-state index in [4.69, 9.17) is 4.84 Å². The summed E-state index contributed by atoms with van der Waals surface area (Å²) in [4.78, 5) is 20.1. The van der Waals surface area contributed by atoms with Gasteiger partial charge in [-0.3, -0.25) is 4.79 Å². The molecule has 3 rings (SSSR count). The molecule has 1 aromatic carbocycles. The van der Waals surface area contributed by atoms with Crippen molar-refractivity contribution in [3.05, 3.63) is 39.6 Å². The summed E-state index contributed by atoms with van der Waals surface area (Å²) < 4.78 is 0. The van der Waals surface area contributed by atoms with Gasteiger partial charge in [0.25, 0.3) is 5.91 Å². The molecule has 0 radical (unpaired) electrons. The van der Waals surface area contributed by atoms with E-state index in [0.717, 1.165) is 16.7 Å². The molecule has 5 nitrogen and oxygen atoms in total. The highest BCUT2D eigenvalue weighted by atomic mass is 16.7. The summed E-state index contributed by atoms with van der Waals surface area (Å²) in [6.45, 7) is 9.59. The molecule has 5 heteroatoms. The Hall–Kier alpha value is -1.85. The molecular weight excluding hydrogens is 316 g/mol. The molecule has 25 heavy (non-hydrogen) atoms. The third-order valence-corrected chi connectivity index (χ3v) is 6.25. The van der Waals surface area contributed by atoms with E-state index in [1.807, 2.05) is 18.9 Å². The topological polar surface area (TPSA) is 53.0 Å². The van der Waals surface area contributed by atoms with Crippen LogP contribution in [0.1, 0.15) is 40.7 Å². The van der Waals surface area contributed by atoms with Gasteiger partial charge in [-0.05, 0) is 68.4 Å². The first-order valence-corrected chi connectivity index (χ1v) is 8.83. The first kappa shape index (κ1) is 18.0. The molecule has 0 unspecified atom stereocenters. The van der Waals surface area contributed by atoms with E-state index in [9.17, 15) is 9.90 Å². The predicted molar refractivity (Wildman–Crippen MR) is 98.3 cm³/mol. The van der Waals surface area contributed by atoms with Gasteiger partial charge in [-0.15, -0.1) is 0 Å². The SMILES string of the molecule is CON1CCC2(CC1)C(O)=C(c1c(C)cc(C)c(C)c1C)C(=O)N2C. The lowest BCUT2D eigenvalue weighted by atomic mass is 9.83. The fraction of sp³-hybridized carbons (Fsp3) is 0.550. The maximum absolute atomic E-state index is 13.1. The van der Waals surface area contributed by atoms with Crippen molar-refractivity contribution in [1.82, 2.24) is 9.96 Å². The molecule has 2 heterocycles. The minimum Gasteiger partial charge on any atom is -0.509 e. The fourth-order valence-electron chi connectivity index (χ4n) is 4.36. The van der Waals surface area contributed by atoms with Crippen LogP contribution in [0.25, 0.3) is 5.57 Å². The van der Waals surface area contributed by atoms with E-state index in [0.29, 0.717) is 31.5 Å². The van der Waals surface area contributed by atoms with Crippen molar-refractivity contribution in [2.24, 2.45) is 0 Å². The smallest absolute Gasteiger partial charge is 0.258 e. The van der Waals surface area contributed by atoms with Crippen molar-refractivity contribution >= 4 is 11.5 Å². The number of rotatable bonds is 2. The van der Waals surface area contributed by atoms with Crippen LogP contribution >= 0.6 is 0 Å². The lowest BCUT2D eigenvalue weighted by Crippen LogP contribution is -2.53. The lowest BCUT2D eigenvalue weighted by Gasteiger charge is -2.42. The maximum atomic E-state index is 13.1. The van der Waals surface area contributed by atoms with Crippen LogP contribution in [0.5, 0.6) is 0 Å². The molecule has 0 saturated carbocycles. The number of piperidine rings is 1. The van der Waals surface area contributed by atoms with Gasteiger partial charge in [0.2, 0.25) is 0 Å². The number of hydroxylamine groups is 2. The minimum absolute atomic E-state index is 0.0854. The number of benzene rings is 1. The van der Waals surface area contributed by atoms with Crippen LogP contribution in [0.15, 0.2) is 11.8 Å². The van der Waals surface area contributed by atoms with Crippen molar-refractivity contribution in [1.29, 1.82) is 0 Å². The summed E-state index contributed by atoms with van der Waals surface area (Å²) in [6.07, 6.45) is 1.34. The van der Waals surface area contributed by atoms with E-state index in [1.165, 1.54) is 11.1 Å². The maximum Gasteiger partial charge on any atom is 0.258 e. The molecule has 1 fully saturated rings. The second-order valence-corrected chi connectivity index (χ2v) is 7.37. The number of aliphatic hydroxyl groups excluding tert-OH is 1. The quantitative estimate of drug-likeness (QED) is 0.896. The Morgan fingerprint density at radius 2 is 1.68 bits per heavy atom. The molecule has 0 aliphatic carbocycles. The van der Waals surface area contributed by atoms with Crippen LogP contribution in [0.4, 0.5) is 0 Å². The molecule has 2 aliphatic rings. The Bertz CT molecular complexity index is 759. The molecule has 2 aliphatic heterocycles. The van der Waals surface area contributed by atoms with Crippen LogP contribution in [-0.4, -0.2) is 53.8 Å². The summed E-state index contributed by atoms with van der Waals surface area (Å²) >= 11 is 0. The van der Waals surface area contributed by atoms with Crippen LogP contribution in [0.3, 0.4) is 0 Å². The number of carbonyl (C=O) groups is 1. The molecule has 0 aromatic heterocycles. The van der Waals surface area contributed by atoms with E-state index in [1.54, 1.807) is 19.1 Å². The largest absolute Gasteiger partial charge is 0.509 e. The molecule has 1 N–H and O–H groups in total. The molecule has 1 amide bonds. The zero-order chi connectivity index (χ0) is 18.5. The van der Waals surface area contributed by atoms with Crippen molar-refractivity contribution in [2.45, 2.75) is 46.1 Å². The highest BCUT2D eigenvalue weighted by Crippen LogP contribution is 2.45. The van der Waals surface area contributed by atoms with Crippen LogP contribution < -0.4 is 0 Å². The Morgan fingerprint density at radius 1 is 1.08 bits per heavy atom. The van der Waals surface area contributed by atoms with Crippen molar-refractivity contribution in [2.75, 3.05) is 27.2 Å². The summed E-state index contributed by atoms with van der Waals surface area (Å²) in [5.41, 5.74) is 5.25. The van der Waals surface area contributed by atoms with Crippen molar-refractivity contribution in [3.8, 4) is 0 Å². The fourth-order valence-corrected chi connectivity index (χ4v) is 4.36. The van der Waals surface area contributed by atoms with E-state index in [2.05, 4.69) is 19.9 Å². The van der Waals surface area contributed by atoms with Crippen LogP contribution in [0.2, 0.25) is 0 Å². The highest BCUT2D eigenvalue weighted by Gasteiger charge is 2.52. The predicted octanol–water partition coefficient (Wildman–Crippen LogP) is 3.06. The average molecular weight is 344 g/mol. The Kier molecular flexibility index (Phi) is 4.41. The van der Waals surface area contributed by atoms with E-state index in [-0.39, 0.29) is 11.7 Å². The molecule has 0 atom stereocenters. The number of aryl methyl sites for hydroxylation is 2. The van der Waals surface area contributed by atoms with Crippen LogP contribution in [-0.2, 0) is 9.63 Å². The molecule has 1 spiro atoms. The van der Waals surface area contributed by atoms with Gasteiger partial charge in [0.05, 0.1) is 12.7 Å². The summed E-state index contributed by atoms with van der Waals surface area (Å²) in [7, 11) is 3.46. The number of nitrogens with zero attached hydrogens (tertiary/aromatic N) is 2. The van der Waals surface area contributed by atoms with Gasteiger partial charge in [-0.2, -0.15) is 5.06 Å².